The normalized spacial score (nSPS) is 23.4. The summed E-state index contributed by atoms with van der Waals surface area (Å²) >= 11 is 5.97. The molecule has 0 saturated carbocycles. The van der Waals surface area contributed by atoms with E-state index >= 15 is 0 Å². The van der Waals surface area contributed by atoms with Gasteiger partial charge in [0.25, 0.3) is 5.69 Å². The largest absolute Gasteiger partial charge is 0.270 e. The third-order valence-corrected chi connectivity index (χ3v) is 6.41. The predicted octanol–water partition coefficient (Wildman–Crippen LogP) is 3.20. The Hall–Kier alpha value is -1.18. The molecule has 6 nitrogen and oxygen atoms in total. The Morgan fingerprint density at radius 1 is 1.43 bits per heavy atom. The van der Waals surface area contributed by atoms with Crippen molar-refractivity contribution in [1.29, 1.82) is 0 Å². The summed E-state index contributed by atoms with van der Waals surface area (Å²) in [6.07, 6.45) is 2.28. The molecule has 2 unspecified atom stereocenters. The lowest BCUT2D eigenvalue weighted by Gasteiger charge is -2.27. The summed E-state index contributed by atoms with van der Waals surface area (Å²) in [6, 6.07) is 3.28. The molecule has 8 heteroatoms. The van der Waals surface area contributed by atoms with Crippen LogP contribution in [0.3, 0.4) is 0 Å². The van der Waals surface area contributed by atoms with Gasteiger partial charge in [0, 0.05) is 24.2 Å². The molecule has 2 rings (SSSR count). The second-order valence-electron chi connectivity index (χ2n) is 5.20. The van der Waals surface area contributed by atoms with Crippen LogP contribution in [0, 0.1) is 10.1 Å². The van der Waals surface area contributed by atoms with Gasteiger partial charge in [0.2, 0.25) is 10.0 Å². The molecule has 1 aromatic carbocycles. The van der Waals surface area contributed by atoms with Crippen LogP contribution in [0.2, 0.25) is 5.02 Å². The zero-order valence-electron chi connectivity index (χ0n) is 11.8. The number of hydrogen-bond acceptors (Lipinski definition) is 4. The Bertz CT molecular complexity index is 662. The highest BCUT2D eigenvalue weighted by atomic mass is 35.5. The monoisotopic (exact) mass is 332 g/mol. The van der Waals surface area contributed by atoms with Gasteiger partial charge >= 0.3 is 0 Å². The predicted molar refractivity (Wildman–Crippen MR) is 79.9 cm³/mol. The summed E-state index contributed by atoms with van der Waals surface area (Å²) in [5.74, 6) is 0. The lowest BCUT2D eigenvalue weighted by molar-refractivity contribution is -0.385. The molecule has 1 aromatic rings. The third kappa shape index (κ3) is 2.90. The van der Waals surface area contributed by atoms with Crippen molar-refractivity contribution in [2.75, 3.05) is 0 Å². The van der Waals surface area contributed by atoms with Gasteiger partial charge in [-0.3, -0.25) is 10.1 Å². The van der Waals surface area contributed by atoms with E-state index in [4.69, 9.17) is 11.6 Å². The molecule has 0 radical (unpaired) electrons. The molecule has 0 bridgehead atoms. The molecule has 1 aliphatic rings. The van der Waals surface area contributed by atoms with Crippen LogP contribution < -0.4 is 0 Å². The molecule has 2 atom stereocenters. The molecule has 21 heavy (non-hydrogen) atoms. The van der Waals surface area contributed by atoms with Gasteiger partial charge in [0.15, 0.2) is 0 Å². The summed E-state index contributed by atoms with van der Waals surface area (Å²) < 4.78 is 27.1. The smallest absolute Gasteiger partial charge is 0.258 e. The summed E-state index contributed by atoms with van der Waals surface area (Å²) in [5, 5.41) is 10.9. The standard InChI is InChI=1S/C13H17ClN2O4S/c1-3-10-5-4-9(2)15(10)21(19,20)13-8-11(16(17)18)6-7-12(13)14/h6-10H,3-5H2,1-2H3. The van der Waals surface area contributed by atoms with Crippen molar-refractivity contribution < 1.29 is 13.3 Å². The minimum atomic E-state index is -3.84. The maximum atomic E-state index is 12.8. The number of nitro groups is 1. The van der Waals surface area contributed by atoms with Crippen LogP contribution in [0.5, 0.6) is 0 Å². The average Bonchev–Trinajstić information content (AvgIpc) is 2.80. The Balaban J connectivity index is 2.53. The van der Waals surface area contributed by atoms with Crippen molar-refractivity contribution in [2.24, 2.45) is 0 Å². The Morgan fingerprint density at radius 2 is 2.10 bits per heavy atom. The highest BCUT2D eigenvalue weighted by Gasteiger charge is 2.40. The molecule has 0 aliphatic carbocycles. The van der Waals surface area contributed by atoms with E-state index in [9.17, 15) is 18.5 Å². The van der Waals surface area contributed by atoms with Crippen LogP contribution in [0.4, 0.5) is 5.69 Å². The number of nitro benzene ring substituents is 1. The summed E-state index contributed by atoms with van der Waals surface area (Å²) in [5.41, 5.74) is -0.280. The van der Waals surface area contributed by atoms with Crippen LogP contribution in [0.25, 0.3) is 0 Å². The Labute approximate surface area is 128 Å². The van der Waals surface area contributed by atoms with Crippen molar-refractivity contribution in [3.8, 4) is 0 Å². The summed E-state index contributed by atoms with van der Waals surface area (Å²) in [6.45, 7) is 3.78. The average molecular weight is 333 g/mol. The Morgan fingerprint density at radius 3 is 2.67 bits per heavy atom. The zero-order valence-corrected chi connectivity index (χ0v) is 13.4. The fourth-order valence-electron chi connectivity index (χ4n) is 2.78. The second-order valence-corrected chi connectivity index (χ2v) is 7.41. The maximum Gasteiger partial charge on any atom is 0.270 e. The number of non-ortho nitro benzene ring substituents is 1. The van der Waals surface area contributed by atoms with Crippen molar-refractivity contribution in [1.82, 2.24) is 4.31 Å². The molecule has 116 valence electrons. The SMILES string of the molecule is CCC1CCC(C)N1S(=O)(=O)c1cc([N+](=O)[O-])ccc1Cl. The minimum Gasteiger partial charge on any atom is -0.258 e. The minimum absolute atomic E-state index is 0.00885. The van der Waals surface area contributed by atoms with Crippen LogP contribution in [-0.2, 0) is 10.0 Å². The van der Waals surface area contributed by atoms with Crippen molar-refractivity contribution in [3.05, 3.63) is 33.3 Å². The first kappa shape index (κ1) is 16.2. The van der Waals surface area contributed by atoms with E-state index in [1.165, 1.54) is 16.4 Å². The van der Waals surface area contributed by atoms with Gasteiger partial charge in [-0.05, 0) is 32.3 Å². The van der Waals surface area contributed by atoms with Crippen molar-refractivity contribution in [2.45, 2.75) is 50.1 Å². The van der Waals surface area contributed by atoms with E-state index in [-0.39, 0.29) is 27.7 Å². The fraction of sp³-hybridized carbons (Fsp3) is 0.538. The van der Waals surface area contributed by atoms with Crippen LogP contribution >= 0.6 is 11.6 Å². The topological polar surface area (TPSA) is 80.5 Å². The van der Waals surface area contributed by atoms with E-state index in [0.717, 1.165) is 18.9 Å². The van der Waals surface area contributed by atoms with Gasteiger partial charge in [0.05, 0.1) is 9.95 Å². The first-order valence-corrected chi connectivity index (χ1v) is 8.58. The van der Waals surface area contributed by atoms with E-state index in [2.05, 4.69) is 0 Å². The van der Waals surface area contributed by atoms with Crippen LogP contribution in [0.1, 0.15) is 33.1 Å². The molecule has 0 spiro atoms. The highest BCUT2D eigenvalue weighted by Crippen LogP contribution is 2.36. The molecule has 0 amide bonds. The number of benzene rings is 1. The molecule has 1 fully saturated rings. The van der Waals surface area contributed by atoms with Crippen LogP contribution in [0.15, 0.2) is 23.1 Å². The number of sulfonamides is 1. The first-order valence-electron chi connectivity index (χ1n) is 6.76. The highest BCUT2D eigenvalue weighted by molar-refractivity contribution is 7.89. The summed E-state index contributed by atoms with van der Waals surface area (Å²) in [4.78, 5) is 10.0. The first-order chi connectivity index (χ1) is 9.78. The van der Waals surface area contributed by atoms with Gasteiger partial charge in [-0.25, -0.2) is 8.42 Å². The lowest BCUT2D eigenvalue weighted by Crippen LogP contribution is -2.39. The van der Waals surface area contributed by atoms with Crippen molar-refractivity contribution in [3.63, 3.8) is 0 Å². The van der Waals surface area contributed by atoms with E-state index in [1.54, 1.807) is 0 Å². The van der Waals surface area contributed by atoms with Gasteiger partial charge in [0.1, 0.15) is 4.90 Å². The van der Waals surface area contributed by atoms with Gasteiger partial charge in [-0.2, -0.15) is 4.31 Å². The zero-order chi connectivity index (χ0) is 15.8. The van der Waals surface area contributed by atoms with Gasteiger partial charge in [-0.1, -0.05) is 18.5 Å². The van der Waals surface area contributed by atoms with Gasteiger partial charge < -0.3 is 0 Å². The molecule has 1 heterocycles. The molecule has 1 saturated heterocycles. The van der Waals surface area contributed by atoms with Crippen LogP contribution in [-0.4, -0.2) is 29.7 Å². The number of nitrogens with zero attached hydrogens (tertiary/aromatic N) is 2. The second kappa shape index (κ2) is 5.90. The maximum absolute atomic E-state index is 12.8. The molecule has 0 aromatic heterocycles. The number of hydrogen-bond donors (Lipinski definition) is 0. The third-order valence-electron chi connectivity index (χ3n) is 3.86. The number of halogens is 1. The van der Waals surface area contributed by atoms with E-state index in [1.807, 2.05) is 13.8 Å². The van der Waals surface area contributed by atoms with E-state index in [0.29, 0.717) is 6.42 Å². The molecule has 0 N–H and O–H groups in total. The quantitative estimate of drug-likeness (QED) is 0.626. The molecule has 1 aliphatic heterocycles. The summed E-state index contributed by atoms with van der Waals surface area (Å²) in [7, 11) is -3.84. The fourth-order valence-corrected chi connectivity index (χ4v) is 5.23. The van der Waals surface area contributed by atoms with E-state index < -0.39 is 14.9 Å². The van der Waals surface area contributed by atoms with Gasteiger partial charge in [-0.15, -0.1) is 0 Å². The molecular formula is C13H17ClN2O4S. The Kier molecular flexibility index (Phi) is 4.55. The lowest BCUT2D eigenvalue weighted by atomic mass is 10.2. The molecular weight excluding hydrogens is 316 g/mol. The van der Waals surface area contributed by atoms with Crippen molar-refractivity contribution >= 4 is 27.3 Å². The number of rotatable bonds is 4.